The normalized spacial score (nSPS) is 9.82. The van der Waals surface area contributed by atoms with Gasteiger partial charge < -0.3 is 4.74 Å². The van der Waals surface area contributed by atoms with Gasteiger partial charge in [0.25, 0.3) is 0 Å². The molecule has 0 saturated carbocycles. The van der Waals surface area contributed by atoms with Crippen molar-refractivity contribution < 1.29 is 9.53 Å². The van der Waals surface area contributed by atoms with Crippen molar-refractivity contribution in [1.82, 2.24) is 0 Å². The standard InChI is InChI=1S/C13H16N2O2/c1-10(2)9-17-13(16)15(3)12-6-4-11(8-14)5-7-12/h4-7,10H,9H2,1-3H3. The highest BCUT2D eigenvalue weighted by Crippen LogP contribution is 2.14. The first kappa shape index (κ1) is 13.0. The largest absolute Gasteiger partial charge is 0.449 e. The molecule has 0 fully saturated rings. The molecule has 0 radical (unpaired) electrons. The number of nitriles is 1. The second kappa shape index (κ2) is 5.90. The SMILES string of the molecule is CC(C)COC(=O)N(C)c1ccc(C#N)cc1. The zero-order chi connectivity index (χ0) is 12.8. The lowest BCUT2D eigenvalue weighted by Gasteiger charge is -2.17. The Kier molecular flexibility index (Phi) is 4.53. The quantitative estimate of drug-likeness (QED) is 0.805. The number of hydrogen-bond acceptors (Lipinski definition) is 3. The summed E-state index contributed by atoms with van der Waals surface area (Å²) in [5.41, 5.74) is 1.27. The van der Waals surface area contributed by atoms with Crippen molar-refractivity contribution in [2.45, 2.75) is 13.8 Å². The van der Waals surface area contributed by atoms with E-state index in [-0.39, 0.29) is 6.09 Å². The van der Waals surface area contributed by atoms with Crippen molar-refractivity contribution in [3.8, 4) is 6.07 Å². The molecule has 17 heavy (non-hydrogen) atoms. The molecule has 1 rings (SSSR count). The number of ether oxygens (including phenoxy) is 1. The zero-order valence-corrected chi connectivity index (χ0v) is 10.3. The fourth-order valence-corrected chi connectivity index (χ4v) is 1.20. The van der Waals surface area contributed by atoms with Crippen molar-refractivity contribution in [3.05, 3.63) is 29.8 Å². The zero-order valence-electron chi connectivity index (χ0n) is 10.3. The van der Waals surface area contributed by atoms with E-state index in [1.807, 2.05) is 19.9 Å². The highest BCUT2D eigenvalue weighted by atomic mass is 16.6. The van der Waals surface area contributed by atoms with E-state index in [2.05, 4.69) is 0 Å². The fraction of sp³-hybridized carbons (Fsp3) is 0.385. The van der Waals surface area contributed by atoms with Crippen molar-refractivity contribution in [3.63, 3.8) is 0 Å². The molecule has 0 spiro atoms. The molecule has 0 aliphatic carbocycles. The molecule has 0 unspecified atom stereocenters. The number of rotatable bonds is 3. The first-order valence-corrected chi connectivity index (χ1v) is 5.45. The monoisotopic (exact) mass is 232 g/mol. The molecule has 1 amide bonds. The molecule has 90 valence electrons. The van der Waals surface area contributed by atoms with Crippen LogP contribution in [-0.4, -0.2) is 19.7 Å². The van der Waals surface area contributed by atoms with Gasteiger partial charge in [-0.3, -0.25) is 4.90 Å². The van der Waals surface area contributed by atoms with Crippen molar-refractivity contribution in [1.29, 1.82) is 5.26 Å². The highest BCUT2D eigenvalue weighted by molar-refractivity contribution is 5.86. The number of carbonyl (C=O) groups excluding carboxylic acids is 1. The summed E-state index contributed by atoms with van der Waals surface area (Å²) in [6.07, 6.45) is -0.386. The average Bonchev–Trinajstić information content (AvgIpc) is 2.35. The van der Waals surface area contributed by atoms with Gasteiger partial charge in [0.15, 0.2) is 0 Å². The second-order valence-corrected chi connectivity index (χ2v) is 4.19. The molecular formula is C13H16N2O2. The minimum Gasteiger partial charge on any atom is -0.449 e. The fourth-order valence-electron chi connectivity index (χ4n) is 1.20. The van der Waals surface area contributed by atoms with E-state index in [0.717, 1.165) is 0 Å². The van der Waals surface area contributed by atoms with Crippen LogP contribution >= 0.6 is 0 Å². The predicted molar refractivity (Wildman–Crippen MR) is 65.7 cm³/mol. The second-order valence-electron chi connectivity index (χ2n) is 4.19. The summed E-state index contributed by atoms with van der Waals surface area (Å²) in [4.78, 5) is 13.1. The van der Waals surface area contributed by atoms with Crippen molar-refractivity contribution in [2.75, 3.05) is 18.6 Å². The maximum absolute atomic E-state index is 11.6. The number of amides is 1. The summed E-state index contributed by atoms with van der Waals surface area (Å²) in [7, 11) is 1.64. The minimum atomic E-state index is -0.386. The number of nitrogens with zero attached hydrogens (tertiary/aromatic N) is 2. The van der Waals surface area contributed by atoms with Crippen LogP contribution in [0.4, 0.5) is 10.5 Å². The lowest BCUT2D eigenvalue weighted by Crippen LogP contribution is -2.28. The molecule has 0 N–H and O–H groups in total. The van der Waals surface area contributed by atoms with Crippen LogP contribution in [0.15, 0.2) is 24.3 Å². The van der Waals surface area contributed by atoms with E-state index in [0.29, 0.717) is 23.8 Å². The summed E-state index contributed by atoms with van der Waals surface area (Å²) >= 11 is 0. The third kappa shape index (κ3) is 3.80. The van der Waals surface area contributed by atoms with Crippen LogP contribution in [-0.2, 0) is 4.74 Å². The first-order chi connectivity index (χ1) is 8.04. The number of anilines is 1. The van der Waals surface area contributed by atoms with E-state index >= 15 is 0 Å². The molecule has 0 aromatic heterocycles. The van der Waals surface area contributed by atoms with Crippen LogP contribution in [0.1, 0.15) is 19.4 Å². The first-order valence-electron chi connectivity index (χ1n) is 5.45. The molecule has 1 aromatic rings. The molecular weight excluding hydrogens is 216 g/mol. The Morgan fingerprint density at radius 1 is 1.41 bits per heavy atom. The van der Waals surface area contributed by atoms with Crippen LogP contribution in [0, 0.1) is 17.2 Å². The molecule has 4 nitrogen and oxygen atoms in total. The van der Waals surface area contributed by atoms with Crippen molar-refractivity contribution >= 4 is 11.8 Å². The van der Waals surface area contributed by atoms with Gasteiger partial charge in [0.05, 0.1) is 18.2 Å². The Bertz CT molecular complexity index is 418. The van der Waals surface area contributed by atoms with Crippen LogP contribution in [0.5, 0.6) is 0 Å². The highest BCUT2D eigenvalue weighted by Gasteiger charge is 2.12. The lowest BCUT2D eigenvalue weighted by atomic mass is 10.2. The van der Waals surface area contributed by atoms with E-state index in [1.165, 1.54) is 4.90 Å². The molecule has 0 aliphatic rings. The molecule has 0 atom stereocenters. The summed E-state index contributed by atoms with van der Waals surface area (Å²) < 4.78 is 5.10. The Morgan fingerprint density at radius 2 is 2.00 bits per heavy atom. The van der Waals surface area contributed by atoms with Gasteiger partial charge in [0.1, 0.15) is 0 Å². The Balaban J connectivity index is 2.65. The van der Waals surface area contributed by atoms with Gasteiger partial charge in [-0.25, -0.2) is 4.79 Å². The smallest absolute Gasteiger partial charge is 0.414 e. The van der Waals surface area contributed by atoms with Gasteiger partial charge in [0, 0.05) is 12.7 Å². The maximum atomic E-state index is 11.6. The number of hydrogen-bond donors (Lipinski definition) is 0. The predicted octanol–water partition coefficient (Wildman–Crippen LogP) is 2.79. The van der Waals surface area contributed by atoms with Gasteiger partial charge in [-0.1, -0.05) is 13.8 Å². The van der Waals surface area contributed by atoms with Crippen LogP contribution in [0.2, 0.25) is 0 Å². The van der Waals surface area contributed by atoms with Gasteiger partial charge in [0.2, 0.25) is 0 Å². The topological polar surface area (TPSA) is 53.3 Å². The van der Waals surface area contributed by atoms with Gasteiger partial charge in [-0.15, -0.1) is 0 Å². The van der Waals surface area contributed by atoms with E-state index < -0.39 is 0 Å². The van der Waals surface area contributed by atoms with Crippen LogP contribution in [0.25, 0.3) is 0 Å². The Labute approximate surface area is 101 Å². The Morgan fingerprint density at radius 3 is 2.47 bits per heavy atom. The summed E-state index contributed by atoms with van der Waals surface area (Å²) in [5.74, 6) is 0.313. The van der Waals surface area contributed by atoms with Crippen molar-refractivity contribution in [2.24, 2.45) is 5.92 Å². The molecule has 4 heteroatoms. The summed E-state index contributed by atoms with van der Waals surface area (Å²) in [6, 6.07) is 8.80. The third-order valence-electron chi connectivity index (χ3n) is 2.20. The third-order valence-corrected chi connectivity index (χ3v) is 2.20. The molecule has 0 aliphatic heterocycles. The van der Waals surface area contributed by atoms with E-state index in [1.54, 1.807) is 31.3 Å². The molecule has 1 aromatic carbocycles. The van der Waals surface area contributed by atoms with Gasteiger partial charge >= 0.3 is 6.09 Å². The van der Waals surface area contributed by atoms with Gasteiger partial charge in [-0.2, -0.15) is 5.26 Å². The molecule has 0 saturated heterocycles. The molecule has 0 bridgehead atoms. The van der Waals surface area contributed by atoms with Crippen LogP contribution in [0.3, 0.4) is 0 Å². The average molecular weight is 232 g/mol. The Hall–Kier alpha value is -2.02. The van der Waals surface area contributed by atoms with E-state index in [9.17, 15) is 4.79 Å². The lowest BCUT2D eigenvalue weighted by molar-refractivity contribution is 0.141. The number of benzene rings is 1. The maximum Gasteiger partial charge on any atom is 0.414 e. The summed E-state index contributed by atoms with van der Waals surface area (Å²) in [5, 5.41) is 8.67. The summed E-state index contributed by atoms with van der Waals surface area (Å²) in [6.45, 7) is 4.36. The minimum absolute atomic E-state index is 0.313. The van der Waals surface area contributed by atoms with Gasteiger partial charge in [-0.05, 0) is 30.2 Å². The van der Waals surface area contributed by atoms with E-state index in [4.69, 9.17) is 10.00 Å². The number of carbonyl (C=O) groups is 1. The van der Waals surface area contributed by atoms with Crippen LogP contribution < -0.4 is 4.90 Å². The molecule has 0 heterocycles.